The molecule has 2 aromatic rings. The molecule has 1 aliphatic heterocycles. The monoisotopic (exact) mass is 324 g/mol. The van der Waals surface area contributed by atoms with Crippen molar-refractivity contribution in [3.63, 3.8) is 0 Å². The average Bonchev–Trinajstić information content (AvgIpc) is 3.17. The van der Waals surface area contributed by atoms with E-state index < -0.39 is 0 Å². The molecule has 2 N–H and O–H groups in total. The Kier molecular flexibility index (Phi) is 5.62. The van der Waals surface area contributed by atoms with Crippen molar-refractivity contribution < 1.29 is 9.53 Å². The maximum absolute atomic E-state index is 13.0. The molecule has 1 fully saturated rings. The summed E-state index contributed by atoms with van der Waals surface area (Å²) < 4.78 is 5.50. The average molecular weight is 324 g/mol. The number of benzene rings is 2. The van der Waals surface area contributed by atoms with E-state index in [1.165, 1.54) is 5.56 Å². The van der Waals surface area contributed by atoms with Crippen LogP contribution >= 0.6 is 0 Å². The molecule has 126 valence electrons. The SMILES string of the molecule is NCc1ccc(C(=O)N(CCc2ccccc2)C2CCOC2)cc1. The van der Waals surface area contributed by atoms with Crippen LogP contribution in [0.3, 0.4) is 0 Å². The number of rotatable bonds is 6. The van der Waals surface area contributed by atoms with Gasteiger partial charge in [-0.1, -0.05) is 42.5 Å². The number of hydrogen-bond acceptors (Lipinski definition) is 3. The third-order valence-electron chi connectivity index (χ3n) is 4.53. The van der Waals surface area contributed by atoms with E-state index in [0.29, 0.717) is 25.3 Å². The molecule has 1 saturated heterocycles. The summed E-state index contributed by atoms with van der Waals surface area (Å²) in [5.74, 6) is 0.0741. The fourth-order valence-corrected chi connectivity index (χ4v) is 3.06. The minimum Gasteiger partial charge on any atom is -0.379 e. The van der Waals surface area contributed by atoms with Gasteiger partial charge < -0.3 is 15.4 Å². The van der Waals surface area contributed by atoms with Crippen molar-refractivity contribution in [1.29, 1.82) is 0 Å². The van der Waals surface area contributed by atoms with Gasteiger partial charge >= 0.3 is 0 Å². The van der Waals surface area contributed by atoms with Gasteiger partial charge in [0.05, 0.1) is 12.6 Å². The first-order valence-corrected chi connectivity index (χ1v) is 8.49. The second kappa shape index (κ2) is 8.08. The van der Waals surface area contributed by atoms with Crippen LogP contribution in [0.25, 0.3) is 0 Å². The van der Waals surface area contributed by atoms with E-state index in [0.717, 1.165) is 25.0 Å². The van der Waals surface area contributed by atoms with Gasteiger partial charge in [0.25, 0.3) is 5.91 Å². The number of carbonyl (C=O) groups is 1. The standard InChI is InChI=1S/C20H24N2O2/c21-14-17-6-8-18(9-7-17)20(23)22(19-11-13-24-15-19)12-10-16-4-2-1-3-5-16/h1-9,19H,10-15,21H2. The van der Waals surface area contributed by atoms with E-state index in [2.05, 4.69) is 12.1 Å². The summed E-state index contributed by atoms with van der Waals surface area (Å²) >= 11 is 0. The van der Waals surface area contributed by atoms with Crippen molar-refractivity contribution in [2.75, 3.05) is 19.8 Å². The van der Waals surface area contributed by atoms with Gasteiger partial charge in [0.1, 0.15) is 0 Å². The lowest BCUT2D eigenvalue weighted by Gasteiger charge is -2.28. The Morgan fingerprint density at radius 3 is 2.46 bits per heavy atom. The third-order valence-corrected chi connectivity index (χ3v) is 4.53. The van der Waals surface area contributed by atoms with E-state index >= 15 is 0 Å². The van der Waals surface area contributed by atoms with Crippen molar-refractivity contribution in [3.8, 4) is 0 Å². The molecule has 1 unspecified atom stereocenters. The van der Waals surface area contributed by atoms with Gasteiger partial charge in [0.15, 0.2) is 0 Å². The van der Waals surface area contributed by atoms with Crippen molar-refractivity contribution in [3.05, 3.63) is 71.3 Å². The summed E-state index contributed by atoms with van der Waals surface area (Å²) in [6, 6.07) is 18.0. The zero-order chi connectivity index (χ0) is 16.8. The molecule has 2 aromatic carbocycles. The zero-order valence-electron chi connectivity index (χ0n) is 13.9. The predicted octanol–water partition coefficient (Wildman–Crippen LogP) is 2.62. The van der Waals surface area contributed by atoms with Crippen molar-refractivity contribution >= 4 is 5.91 Å². The first-order valence-electron chi connectivity index (χ1n) is 8.49. The number of ether oxygens (including phenoxy) is 1. The highest BCUT2D eigenvalue weighted by Gasteiger charge is 2.27. The van der Waals surface area contributed by atoms with Crippen LogP contribution in [0.4, 0.5) is 0 Å². The summed E-state index contributed by atoms with van der Waals surface area (Å²) in [7, 11) is 0. The smallest absolute Gasteiger partial charge is 0.254 e. The Hall–Kier alpha value is -2.17. The van der Waals surface area contributed by atoms with E-state index in [-0.39, 0.29) is 11.9 Å². The first kappa shape index (κ1) is 16.7. The Bertz CT molecular complexity index is 649. The topological polar surface area (TPSA) is 55.6 Å². The number of nitrogens with two attached hydrogens (primary N) is 1. The molecule has 0 aromatic heterocycles. The van der Waals surface area contributed by atoms with Crippen LogP contribution in [0.15, 0.2) is 54.6 Å². The van der Waals surface area contributed by atoms with E-state index in [1.807, 2.05) is 47.4 Å². The molecule has 1 amide bonds. The number of nitrogens with zero attached hydrogens (tertiary/aromatic N) is 1. The van der Waals surface area contributed by atoms with E-state index in [9.17, 15) is 4.79 Å². The lowest BCUT2D eigenvalue weighted by atomic mass is 10.1. The third kappa shape index (κ3) is 4.02. The fraction of sp³-hybridized carbons (Fsp3) is 0.350. The van der Waals surface area contributed by atoms with Gasteiger partial charge in [0, 0.05) is 25.3 Å². The Labute approximate surface area is 143 Å². The molecular formula is C20H24N2O2. The molecule has 1 atom stereocenters. The Morgan fingerprint density at radius 2 is 1.83 bits per heavy atom. The highest BCUT2D eigenvalue weighted by Crippen LogP contribution is 2.17. The van der Waals surface area contributed by atoms with Crippen molar-refractivity contribution in [2.45, 2.75) is 25.4 Å². The molecule has 4 nitrogen and oxygen atoms in total. The summed E-state index contributed by atoms with van der Waals surface area (Å²) in [4.78, 5) is 15.0. The van der Waals surface area contributed by atoms with Gasteiger partial charge in [-0.15, -0.1) is 0 Å². The second-order valence-corrected chi connectivity index (χ2v) is 6.15. The van der Waals surface area contributed by atoms with E-state index in [4.69, 9.17) is 10.5 Å². The normalized spacial score (nSPS) is 17.0. The summed E-state index contributed by atoms with van der Waals surface area (Å²) in [5, 5.41) is 0. The first-order chi connectivity index (χ1) is 11.8. The largest absolute Gasteiger partial charge is 0.379 e. The molecule has 0 saturated carbocycles. The number of amides is 1. The minimum atomic E-state index is 0.0741. The summed E-state index contributed by atoms with van der Waals surface area (Å²) in [6.45, 7) is 2.55. The molecule has 0 aliphatic carbocycles. The van der Waals surface area contributed by atoms with Gasteiger partial charge in [-0.25, -0.2) is 0 Å². The van der Waals surface area contributed by atoms with Crippen LogP contribution in [0.2, 0.25) is 0 Å². The highest BCUT2D eigenvalue weighted by atomic mass is 16.5. The van der Waals surface area contributed by atoms with Gasteiger partial charge in [-0.2, -0.15) is 0 Å². The summed E-state index contributed by atoms with van der Waals surface area (Å²) in [6.07, 6.45) is 1.76. The molecular weight excluding hydrogens is 300 g/mol. The van der Waals surface area contributed by atoms with Gasteiger partial charge in [-0.3, -0.25) is 4.79 Å². The van der Waals surface area contributed by atoms with Gasteiger partial charge in [-0.05, 0) is 36.1 Å². The molecule has 24 heavy (non-hydrogen) atoms. The van der Waals surface area contributed by atoms with Crippen LogP contribution in [0, 0.1) is 0 Å². The Balaban J connectivity index is 1.74. The fourth-order valence-electron chi connectivity index (χ4n) is 3.06. The van der Waals surface area contributed by atoms with Crippen LogP contribution < -0.4 is 5.73 Å². The van der Waals surface area contributed by atoms with Crippen LogP contribution in [-0.2, 0) is 17.7 Å². The van der Waals surface area contributed by atoms with Crippen LogP contribution in [0.5, 0.6) is 0 Å². The second-order valence-electron chi connectivity index (χ2n) is 6.15. The molecule has 1 aliphatic rings. The van der Waals surface area contributed by atoms with Crippen molar-refractivity contribution in [2.24, 2.45) is 5.73 Å². The summed E-state index contributed by atoms with van der Waals surface area (Å²) in [5.41, 5.74) is 8.63. The predicted molar refractivity (Wildman–Crippen MR) is 94.7 cm³/mol. The Morgan fingerprint density at radius 1 is 1.08 bits per heavy atom. The quantitative estimate of drug-likeness (QED) is 0.889. The molecule has 0 spiro atoms. The number of carbonyl (C=O) groups excluding carboxylic acids is 1. The lowest BCUT2D eigenvalue weighted by Crippen LogP contribution is -2.42. The number of hydrogen-bond donors (Lipinski definition) is 1. The minimum absolute atomic E-state index is 0.0741. The zero-order valence-corrected chi connectivity index (χ0v) is 13.9. The molecule has 0 bridgehead atoms. The van der Waals surface area contributed by atoms with Crippen molar-refractivity contribution in [1.82, 2.24) is 4.90 Å². The van der Waals surface area contributed by atoms with E-state index in [1.54, 1.807) is 0 Å². The maximum atomic E-state index is 13.0. The van der Waals surface area contributed by atoms with Gasteiger partial charge in [0.2, 0.25) is 0 Å². The lowest BCUT2D eigenvalue weighted by molar-refractivity contribution is 0.0656. The molecule has 1 heterocycles. The molecule has 0 radical (unpaired) electrons. The van der Waals surface area contributed by atoms with Crippen LogP contribution in [-0.4, -0.2) is 36.6 Å². The highest BCUT2D eigenvalue weighted by molar-refractivity contribution is 5.94. The maximum Gasteiger partial charge on any atom is 0.254 e. The molecule has 4 heteroatoms. The molecule has 3 rings (SSSR count). The van der Waals surface area contributed by atoms with Crippen LogP contribution in [0.1, 0.15) is 27.9 Å².